The van der Waals surface area contributed by atoms with Crippen molar-refractivity contribution in [2.45, 2.75) is 38.8 Å². The third-order valence-corrected chi connectivity index (χ3v) is 4.79. The summed E-state index contributed by atoms with van der Waals surface area (Å²) in [6.07, 6.45) is 6.10. The number of aryl methyl sites for hydroxylation is 1. The quantitative estimate of drug-likeness (QED) is 0.777. The summed E-state index contributed by atoms with van der Waals surface area (Å²) in [5, 5.41) is 22.9. The summed E-state index contributed by atoms with van der Waals surface area (Å²) in [7, 11) is 0. The van der Waals surface area contributed by atoms with Crippen LogP contribution in [0.25, 0.3) is 10.9 Å². The van der Waals surface area contributed by atoms with Gasteiger partial charge in [0.05, 0.1) is 23.3 Å². The minimum absolute atomic E-state index is 0.491. The maximum absolute atomic E-state index is 9.44. The molecule has 0 radical (unpaired) electrons. The molecule has 1 aromatic carbocycles. The molecule has 0 unspecified atom stereocenters. The van der Waals surface area contributed by atoms with Crippen LogP contribution in [0.4, 0.5) is 5.69 Å². The first-order chi connectivity index (χ1) is 12.3. The lowest BCUT2D eigenvalue weighted by atomic mass is 10.1. The Balaban J connectivity index is 1.68. The van der Waals surface area contributed by atoms with Gasteiger partial charge in [-0.05, 0) is 31.0 Å². The zero-order chi connectivity index (χ0) is 17.2. The van der Waals surface area contributed by atoms with Crippen molar-refractivity contribution in [3.63, 3.8) is 0 Å². The second kappa shape index (κ2) is 6.69. The molecule has 1 aliphatic heterocycles. The second-order valence-electron chi connectivity index (χ2n) is 6.17. The van der Waals surface area contributed by atoms with Crippen LogP contribution in [0, 0.1) is 11.3 Å². The van der Waals surface area contributed by atoms with Crippen LogP contribution in [0.15, 0.2) is 24.4 Å². The van der Waals surface area contributed by atoms with Crippen molar-refractivity contribution < 1.29 is 0 Å². The molecule has 0 amide bonds. The number of pyridine rings is 1. The van der Waals surface area contributed by atoms with Crippen LogP contribution in [0.2, 0.25) is 5.02 Å². The Morgan fingerprint density at radius 3 is 3.04 bits per heavy atom. The first-order valence-corrected chi connectivity index (χ1v) is 8.77. The summed E-state index contributed by atoms with van der Waals surface area (Å²) in [5.74, 6) is 1.95. The van der Waals surface area contributed by atoms with E-state index in [0.717, 1.165) is 54.0 Å². The van der Waals surface area contributed by atoms with Gasteiger partial charge < -0.3 is 9.88 Å². The van der Waals surface area contributed by atoms with Gasteiger partial charge in [-0.25, -0.2) is 0 Å². The number of rotatable bonds is 3. The lowest BCUT2D eigenvalue weighted by Crippen LogP contribution is -2.11. The van der Waals surface area contributed by atoms with E-state index < -0.39 is 0 Å². The molecule has 7 heteroatoms. The molecule has 126 valence electrons. The molecule has 0 spiro atoms. The largest absolute Gasteiger partial charge is 0.376 e. The van der Waals surface area contributed by atoms with E-state index >= 15 is 0 Å². The van der Waals surface area contributed by atoms with Crippen molar-refractivity contribution in [1.82, 2.24) is 19.7 Å². The molecule has 0 saturated heterocycles. The summed E-state index contributed by atoms with van der Waals surface area (Å²) in [4.78, 5) is 4.33. The minimum atomic E-state index is 0.491. The molecule has 1 aliphatic rings. The predicted octanol–water partition coefficient (Wildman–Crippen LogP) is 3.69. The fourth-order valence-corrected chi connectivity index (χ4v) is 3.46. The van der Waals surface area contributed by atoms with Gasteiger partial charge in [0, 0.05) is 29.6 Å². The summed E-state index contributed by atoms with van der Waals surface area (Å²) >= 11 is 6.13. The first-order valence-electron chi connectivity index (χ1n) is 8.39. The van der Waals surface area contributed by atoms with Crippen LogP contribution in [-0.4, -0.2) is 19.7 Å². The molecular weight excluding hydrogens is 336 g/mol. The van der Waals surface area contributed by atoms with Crippen LogP contribution < -0.4 is 5.32 Å². The van der Waals surface area contributed by atoms with Crippen molar-refractivity contribution in [2.75, 3.05) is 5.32 Å². The maximum Gasteiger partial charge on any atom is 0.152 e. The lowest BCUT2D eigenvalue weighted by Gasteiger charge is -2.12. The highest BCUT2D eigenvalue weighted by Crippen LogP contribution is 2.28. The zero-order valence-electron chi connectivity index (χ0n) is 13.7. The monoisotopic (exact) mass is 352 g/mol. The molecular formula is C18H17ClN6. The van der Waals surface area contributed by atoms with E-state index in [0.29, 0.717) is 17.1 Å². The molecule has 25 heavy (non-hydrogen) atoms. The molecule has 3 aromatic rings. The lowest BCUT2D eigenvalue weighted by molar-refractivity contribution is 0.610. The number of fused-ring (bicyclic) bond motifs is 2. The van der Waals surface area contributed by atoms with Gasteiger partial charge in [-0.15, -0.1) is 10.2 Å². The first kappa shape index (κ1) is 15.9. The Hall–Kier alpha value is -2.65. The van der Waals surface area contributed by atoms with Crippen molar-refractivity contribution in [3.8, 4) is 6.07 Å². The van der Waals surface area contributed by atoms with Gasteiger partial charge in [0.2, 0.25) is 0 Å². The molecule has 6 nitrogen and oxygen atoms in total. The number of benzene rings is 1. The van der Waals surface area contributed by atoms with Crippen LogP contribution >= 0.6 is 11.6 Å². The summed E-state index contributed by atoms with van der Waals surface area (Å²) in [6.45, 7) is 1.46. The molecule has 3 heterocycles. The molecule has 4 rings (SSSR count). The molecule has 0 saturated carbocycles. The highest BCUT2D eigenvalue weighted by atomic mass is 35.5. The molecule has 2 aromatic heterocycles. The molecule has 0 fully saturated rings. The Labute approximate surface area is 150 Å². The third-order valence-electron chi connectivity index (χ3n) is 4.56. The average Bonchev–Trinajstić information content (AvgIpc) is 2.86. The fraction of sp³-hybridized carbons (Fsp3) is 0.333. The van der Waals surface area contributed by atoms with E-state index in [2.05, 4.69) is 31.1 Å². The van der Waals surface area contributed by atoms with Crippen molar-refractivity contribution >= 4 is 28.2 Å². The maximum atomic E-state index is 9.44. The second-order valence-corrected chi connectivity index (χ2v) is 6.60. The number of nitriles is 1. The SMILES string of the molecule is N#Cc1cnc2ccc(Cl)cc2c1NCc1nnc2n1CCCCC2. The van der Waals surface area contributed by atoms with E-state index in [1.165, 1.54) is 6.42 Å². The number of hydrogen-bond acceptors (Lipinski definition) is 5. The van der Waals surface area contributed by atoms with Crippen LogP contribution in [0.1, 0.15) is 36.5 Å². The number of aromatic nitrogens is 4. The van der Waals surface area contributed by atoms with Crippen LogP contribution in [0.5, 0.6) is 0 Å². The molecule has 0 atom stereocenters. The van der Waals surface area contributed by atoms with E-state index in [9.17, 15) is 5.26 Å². The van der Waals surface area contributed by atoms with E-state index in [4.69, 9.17) is 11.6 Å². The van der Waals surface area contributed by atoms with E-state index in [-0.39, 0.29) is 0 Å². The van der Waals surface area contributed by atoms with Gasteiger partial charge in [-0.3, -0.25) is 4.98 Å². The Bertz CT molecular complexity index is 972. The van der Waals surface area contributed by atoms with Gasteiger partial charge in [-0.1, -0.05) is 18.0 Å². The topological polar surface area (TPSA) is 79.4 Å². The minimum Gasteiger partial charge on any atom is -0.376 e. The van der Waals surface area contributed by atoms with Crippen molar-refractivity contribution in [2.24, 2.45) is 0 Å². The van der Waals surface area contributed by atoms with Crippen molar-refractivity contribution in [3.05, 3.63) is 46.6 Å². The number of halogens is 1. The predicted molar refractivity (Wildman–Crippen MR) is 96.4 cm³/mol. The Morgan fingerprint density at radius 2 is 2.16 bits per heavy atom. The third kappa shape index (κ3) is 3.03. The normalized spacial score (nSPS) is 13.9. The van der Waals surface area contributed by atoms with Crippen LogP contribution in [0.3, 0.4) is 0 Å². The smallest absolute Gasteiger partial charge is 0.152 e. The highest BCUT2D eigenvalue weighted by molar-refractivity contribution is 6.31. The van der Waals surface area contributed by atoms with Crippen LogP contribution in [-0.2, 0) is 19.5 Å². The van der Waals surface area contributed by atoms with Gasteiger partial charge in [-0.2, -0.15) is 5.26 Å². The standard InChI is InChI=1S/C18H17ClN6/c19-13-5-6-15-14(8-13)18(12(9-20)10-21-15)22-11-17-24-23-16-4-2-1-3-7-25(16)17/h5-6,8,10H,1-4,7,11H2,(H,21,22). The number of hydrogen-bond donors (Lipinski definition) is 1. The summed E-state index contributed by atoms with van der Waals surface area (Å²) in [5.41, 5.74) is 2.03. The number of nitrogens with zero attached hydrogens (tertiary/aromatic N) is 5. The Kier molecular flexibility index (Phi) is 4.24. The molecule has 0 bridgehead atoms. The number of nitrogens with one attached hydrogen (secondary N) is 1. The zero-order valence-corrected chi connectivity index (χ0v) is 14.4. The van der Waals surface area contributed by atoms with Gasteiger partial charge in [0.25, 0.3) is 0 Å². The molecule has 0 aliphatic carbocycles. The number of anilines is 1. The van der Waals surface area contributed by atoms with Gasteiger partial charge in [0.15, 0.2) is 5.82 Å². The molecule has 1 N–H and O–H groups in total. The van der Waals surface area contributed by atoms with Crippen molar-refractivity contribution in [1.29, 1.82) is 5.26 Å². The summed E-state index contributed by atoms with van der Waals surface area (Å²) in [6, 6.07) is 7.68. The fourth-order valence-electron chi connectivity index (χ4n) is 3.28. The average molecular weight is 353 g/mol. The van der Waals surface area contributed by atoms with Gasteiger partial charge >= 0.3 is 0 Å². The highest BCUT2D eigenvalue weighted by Gasteiger charge is 2.16. The van der Waals surface area contributed by atoms with E-state index in [1.54, 1.807) is 12.3 Å². The Morgan fingerprint density at radius 1 is 1.24 bits per heavy atom. The summed E-state index contributed by atoms with van der Waals surface area (Å²) < 4.78 is 2.20. The van der Waals surface area contributed by atoms with E-state index in [1.807, 2.05) is 12.1 Å². The van der Waals surface area contributed by atoms with Gasteiger partial charge in [0.1, 0.15) is 11.9 Å².